The molecule has 0 bridgehead atoms. The molecule has 24 heavy (non-hydrogen) atoms. The zero-order valence-corrected chi connectivity index (χ0v) is 14.0. The van der Waals surface area contributed by atoms with Gasteiger partial charge in [-0.1, -0.05) is 18.2 Å². The van der Waals surface area contributed by atoms with Crippen molar-refractivity contribution in [1.29, 1.82) is 0 Å². The standard InChI is InChI=1S/C19H25FN2O2/c20-17-7-3-2-6-15(17)8-9-18(23)22-13-10-16(14-22)19(24)21-11-4-1-5-12-21/h2-3,6-7,16H,1,4-5,8-14H2/t16-/m0/s1. The first-order chi connectivity index (χ1) is 11.6. The third-order valence-corrected chi connectivity index (χ3v) is 5.12. The van der Waals surface area contributed by atoms with Crippen molar-refractivity contribution in [2.24, 2.45) is 5.92 Å². The van der Waals surface area contributed by atoms with Crippen LogP contribution in [0, 0.1) is 11.7 Å². The molecule has 1 atom stereocenters. The number of amides is 2. The molecular weight excluding hydrogens is 307 g/mol. The third-order valence-electron chi connectivity index (χ3n) is 5.12. The number of halogens is 1. The monoisotopic (exact) mass is 332 g/mol. The average molecular weight is 332 g/mol. The number of carbonyl (C=O) groups excluding carboxylic acids is 2. The van der Waals surface area contributed by atoms with E-state index in [2.05, 4.69) is 0 Å². The molecule has 0 aromatic heterocycles. The molecule has 5 heteroatoms. The minimum absolute atomic E-state index is 0.0206. The van der Waals surface area contributed by atoms with E-state index in [1.165, 1.54) is 12.5 Å². The van der Waals surface area contributed by atoms with Crippen LogP contribution in [0.15, 0.2) is 24.3 Å². The summed E-state index contributed by atoms with van der Waals surface area (Å²) >= 11 is 0. The molecule has 0 N–H and O–H groups in total. The maximum atomic E-state index is 13.6. The normalized spacial score (nSPS) is 21.1. The summed E-state index contributed by atoms with van der Waals surface area (Å²) < 4.78 is 13.6. The number of rotatable bonds is 4. The van der Waals surface area contributed by atoms with Crippen LogP contribution in [-0.2, 0) is 16.0 Å². The Hall–Kier alpha value is -1.91. The topological polar surface area (TPSA) is 40.6 Å². The van der Waals surface area contributed by atoms with Crippen molar-refractivity contribution >= 4 is 11.8 Å². The molecule has 0 aliphatic carbocycles. The Morgan fingerprint density at radius 1 is 1.04 bits per heavy atom. The quantitative estimate of drug-likeness (QED) is 0.850. The van der Waals surface area contributed by atoms with Crippen molar-refractivity contribution in [2.75, 3.05) is 26.2 Å². The van der Waals surface area contributed by atoms with Crippen molar-refractivity contribution in [2.45, 2.75) is 38.5 Å². The van der Waals surface area contributed by atoms with Gasteiger partial charge in [0.1, 0.15) is 5.82 Å². The molecule has 0 spiro atoms. The Morgan fingerprint density at radius 3 is 2.54 bits per heavy atom. The maximum Gasteiger partial charge on any atom is 0.227 e. The molecule has 1 aromatic carbocycles. The number of benzene rings is 1. The summed E-state index contributed by atoms with van der Waals surface area (Å²) in [6.45, 7) is 2.87. The van der Waals surface area contributed by atoms with Crippen LogP contribution in [0.4, 0.5) is 4.39 Å². The maximum absolute atomic E-state index is 13.6. The van der Waals surface area contributed by atoms with Crippen LogP contribution >= 0.6 is 0 Å². The molecule has 0 saturated carbocycles. The van der Waals surface area contributed by atoms with E-state index in [-0.39, 0.29) is 23.5 Å². The number of aryl methyl sites for hydroxylation is 1. The lowest BCUT2D eigenvalue weighted by molar-refractivity contribution is -0.136. The van der Waals surface area contributed by atoms with E-state index in [9.17, 15) is 14.0 Å². The summed E-state index contributed by atoms with van der Waals surface area (Å²) in [7, 11) is 0. The van der Waals surface area contributed by atoms with Gasteiger partial charge in [-0.25, -0.2) is 4.39 Å². The zero-order valence-electron chi connectivity index (χ0n) is 14.0. The van der Waals surface area contributed by atoms with Gasteiger partial charge in [0.15, 0.2) is 0 Å². The van der Waals surface area contributed by atoms with Gasteiger partial charge in [-0.2, -0.15) is 0 Å². The van der Waals surface area contributed by atoms with E-state index in [4.69, 9.17) is 0 Å². The van der Waals surface area contributed by atoms with Crippen LogP contribution in [0.2, 0.25) is 0 Å². The first kappa shape index (κ1) is 16.9. The second kappa shape index (κ2) is 7.77. The third kappa shape index (κ3) is 3.94. The Bertz CT molecular complexity index is 599. The van der Waals surface area contributed by atoms with Gasteiger partial charge in [0.05, 0.1) is 5.92 Å². The van der Waals surface area contributed by atoms with Gasteiger partial charge >= 0.3 is 0 Å². The molecule has 2 aliphatic heterocycles. The van der Waals surface area contributed by atoms with Crippen LogP contribution in [0.1, 0.15) is 37.7 Å². The van der Waals surface area contributed by atoms with Gasteiger partial charge in [-0.05, 0) is 43.7 Å². The van der Waals surface area contributed by atoms with E-state index in [0.717, 1.165) is 32.4 Å². The van der Waals surface area contributed by atoms with E-state index < -0.39 is 0 Å². The van der Waals surface area contributed by atoms with Gasteiger partial charge in [0.2, 0.25) is 11.8 Å². The van der Waals surface area contributed by atoms with Crippen molar-refractivity contribution in [1.82, 2.24) is 9.80 Å². The fraction of sp³-hybridized carbons (Fsp3) is 0.579. The molecular formula is C19H25FN2O2. The highest BCUT2D eigenvalue weighted by Gasteiger charge is 2.33. The van der Waals surface area contributed by atoms with E-state index in [1.807, 2.05) is 4.90 Å². The lowest BCUT2D eigenvalue weighted by Crippen LogP contribution is -2.41. The molecule has 1 aromatic rings. The van der Waals surface area contributed by atoms with Crippen LogP contribution in [0.25, 0.3) is 0 Å². The summed E-state index contributed by atoms with van der Waals surface area (Å²) in [4.78, 5) is 28.6. The van der Waals surface area contributed by atoms with Gasteiger partial charge in [-0.3, -0.25) is 9.59 Å². The first-order valence-electron chi connectivity index (χ1n) is 8.95. The molecule has 3 rings (SSSR count). The molecule has 4 nitrogen and oxygen atoms in total. The largest absolute Gasteiger partial charge is 0.342 e. The summed E-state index contributed by atoms with van der Waals surface area (Å²) in [6.07, 6.45) is 4.83. The number of nitrogens with zero attached hydrogens (tertiary/aromatic N) is 2. The SMILES string of the molecule is O=C(CCc1ccccc1F)N1CC[C@H](C(=O)N2CCCCC2)C1. The van der Waals surface area contributed by atoms with Crippen molar-refractivity contribution < 1.29 is 14.0 Å². The molecule has 0 unspecified atom stereocenters. The van der Waals surface area contributed by atoms with Crippen molar-refractivity contribution in [3.05, 3.63) is 35.6 Å². The number of piperidine rings is 1. The van der Waals surface area contributed by atoms with Crippen LogP contribution in [-0.4, -0.2) is 47.8 Å². The zero-order chi connectivity index (χ0) is 16.9. The molecule has 2 saturated heterocycles. The van der Waals surface area contributed by atoms with Crippen molar-refractivity contribution in [3.8, 4) is 0 Å². The number of carbonyl (C=O) groups is 2. The molecule has 2 heterocycles. The smallest absolute Gasteiger partial charge is 0.227 e. The lowest BCUT2D eigenvalue weighted by Gasteiger charge is -2.29. The average Bonchev–Trinajstić information content (AvgIpc) is 3.11. The highest BCUT2D eigenvalue weighted by atomic mass is 19.1. The molecule has 2 fully saturated rings. The van der Waals surface area contributed by atoms with Gasteiger partial charge in [0.25, 0.3) is 0 Å². The summed E-state index contributed by atoms with van der Waals surface area (Å²) in [6, 6.07) is 6.57. The second-order valence-electron chi connectivity index (χ2n) is 6.80. The van der Waals surface area contributed by atoms with Crippen LogP contribution in [0.3, 0.4) is 0 Å². The Kier molecular flexibility index (Phi) is 5.48. The Morgan fingerprint density at radius 2 is 1.79 bits per heavy atom. The first-order valence-corrected chi connectivity index (χ1v) is 8.95. The number of hydrogen-bond donors (Lipinski definition) is 0. The van der Waals surface area contributed by atoms with E-state index >= 15 is 0 Å². The van der Waals surface area contributed by atoms with E-state index in [0.29, 0.717) is 31.5 Å². The predicted octanol–water partition coefficient (Wildman–Crippen LogP) is 2.62. The number of likely N-dealkylation sites (tertiary alicyclic amines) is 2. The minimum Gasteiger partial charge on any atom is -0.342 e. The highest BCUT2D eigenvalue weighted by molar-refractivity contribution is 5.82. The Labute approximate surface area is 142 Å². The fourth-order valence-electron chi connectivity index (χ4n) is 3.66. The fourth-order valence-corrected chi connectivity index (χ4v) is 3.66. The summed E-state index contributed by atoms with van der Waals surface area (Å²) in [5.74, 6) is -0.0864. The second-order valence-corrected chi connectivity index (χ2v) is 6.80. The highest BCUT2D eigenvalue weighted by Crippen LogP contribution is 2.22. The Balaban J connectivity index is 1.48. The van der Waals surface area contributed by atoms with Gasteiger partial charge in [-0.15, -0.1) is 0 Å². The predicted molar refractivity (Wildman–Crippen MR) is 89.8 cm³/mol. The molecule has 2 aliphatic rings. The van der Waals surface area contributed by atoms with Crippen molar-refractivity contribution in [3.63, 3.8) is 0 Å². The molecule has 130 valence electrons. The number of hydrogen-bond acceptors (Lipinski definition) is 2. The summed E-state index contributed by atoms with van der Waals surface area (Å²) in [5, 5.41) is 0. The van der Waals surface area contributed by atoms with E-state index in [1.54, 1.807) is 23.1 Å². The summed E-state index contributed by atoms with van der Waals surface area (Å²) in [5.41, 5.74) is 0.575. The lowest BCUT2D eigenvalue weighted by atomic mass is 10.0. The van der Waals surface area contributed by atoms with Crippen LogP contribution < -0.4 is 0 Å². The molecule has 2 amide bonds. The van der Waals surface area contributed by atoms with Crippen LogP contribution in [0.5, 0.6) is 0 Å². The van der Waals surface area contributed by atoms with Gasteiger partial charge < -0.3 is 9.80 Å². The van der Waals surface area contributed by atoms with Gasteiger partial charge in [0, 0.05) is 32.6 Å². The molecule has 0 radical (unpaired) electrons. The minimum atomic E-state index is -0.259.